The van der Waals surface area contributed by atoms with E-state index in [1.54, 1.807) is 0 Å². The topological polar surface area (TPSA) is 72.6 Å². The number of benzene rings is 1. The van der Waals surface area contributed by atoms with Crippen LogP contribution in [0.5, 0.6) is 0 Å². The largest absolute Gasteiger partial charge is 0.399 e. The maximum absolute atomic E-state index is 13.7. The first-order chi connectivity index (χ1) is 9.21. The molecule has 5 nitrogen and oxygen atoms in total. The number of halogens is 1. The second kappa shape index (κ2) is 5.31. The minimum absolute atomic E-state index is 0.0729. The Kier molecular flexibility index (Phi) is 4.04. The number of anilines is 1. The quantitative estimate of drug-likeness (QED) is 0.841. The normalized spacial score (nSPS) is 24.8. The fraction of sp³-hybridized carbons (Fsp3) is 0.538. The molecule has 1 heterocycles. The van der Waals surface area contributed by atoms with Gasteiger partial charge in [0.2, 0.25) is 10.0 Å². The Morgan fingerprint density at radius 2 is 1.85 bits per heavy atom. The molecule has 2 unspecified atom stereocenters. The molecule has 7 heteroatoms. The van der Waals surface area contributed by atoms with Crippen molar-refractivity contribution >= 4 is 15.7 Å². The van der Waals surface area contributed by atoms with Gasteiger partial charge in [0.15, 0.2) is 0 Å². The van der Waals surface area contributed by atoms with Crippen molar-refractivity contribution in [3.05, 3.63) is 23.5 Å². The van der Waals surface area contributed by atoms with Crippen LogP contribution in [0.4, 0.5) is 10.1 Å². The zero-order valence-electron chi connectivity index (χ0n) is 11.8. The highest BCUT2D eigenvalue weighted by Gasteiger charge is 2.33. The SMILES string of the molecule is Cc1c(F)cc(N)cc1S(=O)(=O)N1CC(C)OC(C)C1. The Bertz CT molecular complexity index is 608. The van der Waals surface area contributed by atoms with E-state index >= 15 is 0 Å². The molecule has 2 atom stereocenters. The molecular formula is C13H19FN2O3S. The molecule has 20 heavy (non-hydrogen) atoms. The molecule has 0 saturated carbocycles. The number of ether oxygens (including phenoxy) is 1. The van der Waals surface area contributed by atoms with Gasteiger partial charge in [0, 0.05) is 24.3 Å². The van der Waals surface area contributed by atoms with E-state index in [4.69, 9.17) is 10.5 Å². The summed E-state index contributed by atoms with van der Waals surface area (Å²) >= 11 is 0. The summed E-state index contributed by atoms with van der Waals surface area (Å²) in [4.78, 5) is -0.0729. The monoisotopic (exact) mass is 302 g/mol. The van der Waals surface area contributed by atoms with E-state index in [0.717, 1.165) is 6.07 Å². The molecule has 0 bridgehead atoms. The molecule has 1 aliphatic heterocycles. The summed E-state index contributed by atoms with van der Waals surface area (Å²) in [5.41, 5.74) is 5.75. The Morgan fingerprint density at radius 3 is 2.40 bits per heavy atom. The predicted molar refractivity (Wildman–Crippen MR) is 74.3 cm³/mol. The lowest BCUT2D eigenvalue weighted by Crippen LogP contribution is -2.48. The van der Waals surface area contributed by atoms with Crippen molar-refractivity contribution in [1.29, 1.82) is 0 Å². The molecule has 0 spiro atoms. The van der Waals surface area contributed by atoms with Crippen molar-refractivity contribution in [3.63, 3.8) is 0 Å². The standard InChI is InChI=1S/C13H19FN2O3S/c1-8-6-16(7-9(2)19-8)20(17,18)13-5-11(15)4-12(14)10(13)3/h4-5,8-9H,6-7,15H2,1-3H3. The third-order valence-electron chi connectivity index (χ3n) is 3.32. The fourth-order valence-electron chi connectivity index (χ4n) is 2.41. The van der Waals surface area contributed by atoms with E-state index in [2.05, 4.69) is 0 Å². The summed E-state index contributed by atoms with van der Waals surface area (Å²) in [7, 11) is -3.77. The first-order valence-electron chi connectivity index (χ1n) is 6.43. The van der Waals surface area contributed by atoms with Crippen LogP contribution < -0.4 is 5.73 Å². The van der Waals surface area contributed by atoms with Crippen LogP contribution in [0.15, 0.2) is 17.0 Å². The Labute approximate surface area is 118 Å². The summed E-state index contributed by atoms with van der Waals surface area (Å²) in [6, 6.07) is 2.43. The van der Waals surface area contributed by atoms with Gasteiger partial charge in [-0.1, -0.05) is 0 Å². The van der Waals surface area contributed by atoms with Gasteiger partial charge in [0.05, 0.1) is 17.1 Å². The van der Waals surface area contributed by atoms with Crippen LogP contribution in [0.3, 0.4) is 0 Å². The number of nitrogen functional groups attached to an aromatic ring is 1. The van der Waals surface area contributed by atoms with Gasteiger partial charge in [-0.2, -0.15) is 4.31 Å². The van der Waals surface area contributed by atoms with E-state index < -0.39 is 15.8 Å². The molecule has 0 amide bonds. The molecule has 0 aromatic heterocycles. The van der Waals surface area contributed by atoms with Gasteiger partial charge in [0.1, 0.15) is 5.82 Å². The first-order valence-corrected chi connectivity index (χ1v) is 7.87. The molecule has 0 radical (unpaired) electrons. The number of nitrogens with two attached hydrogens (primary N) is 1. The van der Waals surface area contributed by atoms with Gasteiger partial charge in [-0.3, -0.25) is 0 Å². The lowest BCUT2D eigenvalue weighted by atomic mass is 10.2. The van der Waals surface area contributed by atoms with E-state index in [9.17, 15) is 12.8 Å². The van der Waals surface area contributed by atoms with Crippen LogP contribution in [-0.4, -0.2) is 38.0 Å². The van der Waals surface area contributed by atoms with Crippen LogP contribution in [0.2, 0.25) is 0 Å². The summed E-state index contributed by atoms with van der Waals surface area (Å²) in [5, 5.41) is 0. The lowest BCUT2D eigenvalue weighted by Gasteiger charge is -2.34. The van der Waals surface area contributed by atoms with Crippen molar-refractivity contribution in [2.45, 2.75) is 37.9 Å². The number of morpholine rings is 1. The van der Waals surface area contributed by atoms with Crippen molar-refractivity contribution in [2.24, 2.45) is 0 Å². The highest BCUT2D eigenvalue weighted by atomic mass is 32.2. The maximum atomic E-state index is 13.7. The fourth-order valence-corrected chi connectivity index (χ4v) is 4.27. The molecular weight excluding hydrogens is 283 g/mol. The van der Waals surface area contributed by atoms with Crippen LogP contribution in [-0.2, 0) is 14.8 Å². The average molecular weight is 302 g/mol. The van der Waals surface area contributed by atoms with Crippen molar-refractivity contribution in [1.82, 2.24) is 4.31 Å². The lowest BCUT2D eigenvalue weighted by molar-refractivity contribution is -0.0440. The minimum Gasteiger partial charge on any atom is -0.399 e. The number of hydrogen-bond acceptors (Lipinski definition) is 4. The second-order valence-corrected chi connectivity index (χ2v) is 7.11. The third kappa shape index (κ3) is 2.79. The highest BCUT2D eigenvalue weighted by molar-refractivity contribution is 7.89. The van der Waals surface area contributed by atoms with E-state index in [0.29, 0.717) is 0 Å². The van der Waals surface area contributed by atoms with Crippen LogP contribution in [0.25, 0.3) is 0 Å². The third-order valence-corrected chi connectivity index (χ3v) is 5.28. The smallest absolute Gasteiger partial charge is 0.243 e. The minimum atomic E-state index is -3.77. The number of nitrogens with zero attached hydrogens (tertiary/aromatic N) is 1. The van der Waals surface area contributed by atoms with Gasteiger partial charge in [-0.25, -0.2) is 12.8 Å². The molecule has 0 aliphatic carbocycles. The maximum Gasteiger partial charge on any atom is 0.243 e. The summed E-state index contributed by atoms with van der Waals surface area (Å²) in [6.07, 6.45) is -0.389. The van der Waals surface area contributed by atoms with Crippen molar-refractivity contribution in [2.75, 3.05) is 18.8 Å². The Morgan fingerprint density at radius 1 is 1.30 bits per heavy atom. The van der Waals surface area contributed by atoms with Crippen molar-refractivity contribution in [3.8, 4) is 0 Å². The molecule has 112 valence electrons. The first kappa shape index (κ1) is 15.2. The highest BCUT2D eigenvalue weighted by Crippen LogP contribution is 2.27. The Balaban J connectivity index is 2.45. The molecule has 1 saturated heterocycles. The molecule has 1 aromatic carbocycles. The predicted octanol–water partition coefficient (Wildman–Crippen LogP) is 1.51. The van der Waals surface area contributed by atoms with E-state index in [1.165, 1.54) is 17.3 Å². The van der Waals surface area contributed by atoms with Gasteiger partial charge in [-0.15, -0.1) is 0 Å². The number of rotatable bonds is 2. The van der Waals surface area contributed by atoms with E-state index in [1.807, 2.05) is 13.8 Å². The zero-order valence-corrected chi connectivity index (χ0v) is 12.6. The van der Waals surface area contributed by atoms with Crippen molar-refractivity contribution < 1.29 is 17.5 Å². The summed E-state index contributed by atoms with van der Waals surface area (Å²) in [6.45, 7) is 5.57. The van der Waals surface area contributed by atoms with Gasteiger partial charge < -0.3 is 10.5 Å². The van der Waals surface area contributed by atoms with Crippen LogP contribution >= 0.6 is 0 Å². The second-order valence-electron chi connectivity index (χ2n) is 5.21. The van der Waals surface area contributed by atoms with Crippen LogP contribution in [0, 0.1) is 12.7 Å². The summed E-state index contributed by atoms with van der Waals surface area (Å²) in [5.74, 6) is -0.613. The molecule has 2 N–H and O–H groups in total. The van der Waals surface area contributed by atoms with Gasteiger partial charge >= 0.3 is 0 Å². The van der Waals surface area contributed by atoms with E-state index in [-0.39, 0.29) is 41.4 Å². The number of sulfonamides is 1. The molecule has 1 fully saturated rings. The van der Waals surface area contributed by atoms with Gasteiger partial charge in [0.25, 0.3) is 0 Å². The molecule has 2 rings (SSSR count). The Hall–Kier alpha value is -1.18. The molecule has 1 aromatic rings. The van der Waals surface area contributed by atoms with Gasteiger partial charge in [-0.05, 0) is 32.9 Å². The molecule has 1 aliphatic rings. The van der Waals surface area contributed by atoms with Crippen LogP contribution in [0.1, 0.15) is 19.4 Å². The average Bonchev–Trinajstić information content (AvgIpc) is 2.32. The zero-order chi connectivity index (χ0) is 15.1. The number of hydrogen-bond donors (Lipinski definition) is 1. The summed E-state index contributed by atoms with van der Waals surface area (Å²) < 4.78 is 45.9.